The molecule has 0 radical (unpaired) electrons. The van der Waals surface area contributed by atoms with E-state index >= 15 is 0 Å². The number of piperidine rings is 1. The fourth-order valence-corrected chi connectivity index (χ4v) is 4.21. The highest BCUT2D eigenvalue weighted by molar-refractivity contribution is 5.81. The van der Waals surface area contributed by atoms with Crippen molar-refractivity contribution in [2.24, 2.45) is 0 Å². The predicted molar refractivity (Wildman–Crippen MR) is 90.2 cm³/mol. The third-order valence-electron chi connectivity index (χ3n) is 5.35. The third-order valence-corrected chi connectivity index (χ3v) is 5.35. The molecule has 1 aromatic heterocycles. The summed E-state index contributed by atoms with van der Waals surface area (Å²) in [5, 5.41) is 3.28. The summed E-state index contributed by atoms with van der Waals surface area (Å²) in [4.78, 5) is 19.6. The minimum absolute atomic E-state index is 0.105. The lowest BCUT2D eigenvalue weighted by Gasteiger charge is -2.32. The molecule has 5 heteroatoms. The Morgan fingerprint density at radius 1 is 1.26 bits per heavy atom. The summed E-state index contributed by atoms with van der Waals surface area (Å²) in [5.74, 6) is 1.00. The fourth-order valence-electron chi connectivity index (χ4n) is 4.21. The summed E-state index contributed by atoms with van der Waals surface area (Å²) >= 11 is 0. The van der Waals surface area contributed by atoms with Gasteiger partial charge >= 0.3 is 0 Å². The molecule has 2 unspecified atom stereocenters. The summed E-state index contributed by atoms with van der Waals surface area (Å²) < 4.78 is 2.01. The van der Waals surface area contributed by atoms with Crippen LogP contribution in [0.15, 0.2) is 24.3 Å². The van der Waals surface area contributed by atoms with Crippen molar-refractivity contribution in [3.8, 4) is 0 Å². The topological polar surface area (TPSA) is 50.2 Å². The van der Waals surface area contributed by atoms with Gasteiger partial charge in [-0.05, 0) is 44.9 Å². The summed E-state index contributed by atoms with van der Waals surface area (Å²) in [5.41, 5.74) is 1.99. The van der Waals surface area contributed by atoms with Gasteiger partial charge in [-0.25, -0.2) is 4.98 Å². The van der Waals surface area contributed by atoms with Crippen LogP contribution in [-0.2, 0) is 11.3 Å². The van der Waals surface area contributed by atoms with Gasteiger partial charge in [0.1, 0.15) is 12.4 Å². The van der Waals surface area contributed by atoms with E-state index in [0.29, 0.717) is 18.6 Å². The highest BCUT2D eigenvalue weighted by Gasteiger charge is 2.36. The smallest absolute Gasteiger partial charge is 0.240 e. The van der Waals surface area contributed by atoms with Crippen LogP contribution >= 0.6 is 0 Å². The maximum atomic E-state index is 12.6. The molecule has 2 fully saturated rings. The van der Waals surface area contributed by atoms with Gasteiger partial charge < -0.3 is 9.88 Å². The molecule has 4 rings (SSSR count). The zero-order valence-electron chi connectivity index (χ0n) is 13.7. The number of carbonyl (C=O) groups is 1. The largest absolute Gasteiger partial charge is 0.350 e. The molecule has 0 bridgehead atoms. The normalized spacial score (nSPS) is 24.7. The van der Waals surface area contributed by atoms with Crippen LogP contribution in [0.5, 0.6) is 0 Å². The number of nitrogens with zero attached hydrogens (tertiary/aromatic N) is 3. The maximum absolute atomic E-state index is 12.6. The van der Waals surface area contributed by atoms with E-state index in [2.05, 4.69) is 15.2 Å². The molecule has 0 aliphatic carbocycles. The van der Waals surface area contributed by atoms with Crippen LogP contribution in [0, 0.1) is 6.92 Å². The van der Waals surface area contributed by atoms with Crippen LogP contribution in [-0.4, -0.2) is 45.5 Å². The second-order valence-electron chi connectivity index (χ2n) is 6.80. The van der Waals surface area contributed by atoms with Crippen molar-refractivity contribution >= 4 is 16.9 Å². The van der Waals surface area contributed by atoms with Crippen molar-refractivity contribution in [3.05, 3.63) is 30.1 Å². The minimum atomic E-state index is 0.105. The van der Waals surface area contributed by atoms with E-state index in [0.717, 1.165) is 29.8 Å². The Kier molecular flexibility index (Phi) is 3.81. The summed E-state index contributed by atoms with van der Waals surface area (Å²) in [6.07, 6.45) is 4.90. The molecular formula is C18H24N4O. The number of hydrogen-bond acceptors (Lipinski definition) is 3. The molecular weight excluding hydrogens is 288 g/mol. The fraction of sp³-hybridized carbons (Fsp3) is 0.556. The molecule has 2 atom stereocenters. The van der Waals surface area contributed by atoms with Gasteiger partial charge in [0.15, 0.2) is 0 Å². The molecule has 2 aromatic rings. The van der Waals surface area contributed by atoms with Crippen molar-refractivity contribution in [2.45, 2.75) is 51.2 Å². The third kappa shape index (κ3) is 2.74. The van der Waals surface area contributed by atoms with E-state index in [1.165, 1.54) is 25.8 Å². The molecule has 2 saturated heterocycles. The van der Waals surface area contributed by atoms with Crippen molar-refractivity contribution < 1.29 is 4.79 Å². The monoisotopic (exact) mass is 312 g/mol. The number of hydrogen-bond donors (Lipinski definition) is 1. The van der Waals surface area contributed by atoms with Crippen LogP contribution in [0.3, 0.4) is 0 Å². The van der Waals surface area contributed by atoms with E-state index in [-0.39, 0.29) is 5.91 Å². The average Bonchev–Trinajstić information content (AvgIpc) is 3.10. The lowest BCUT2D eigenvalue weighted by molar-refractivity contribution is -0.122. The molecule has 1 aromatic carbocycles. The molecule has 23 heavy (non-hydrogen) atoms. The predicted octanol–water partition coefficient (Wildman–Crippen LogP) is 2.09. The number of imidazole rings is 1. The minimum Gasteiger partial charge on any atom is -0.350 e. The van der Waals surface area contributed by atoms with Crippen LogP contribution in [0.4, 0.5) is 0 Å². The molecule has 122 valence electrons. The first-order valence-corrected chi connectivity index (χ1v) is 8.67. The lowest BCUT2D eigenvalue weighted by Crippen LogP contribution is -2.47. The average molecular weight is 312 g/mol. The van der Waals surface area contributed by atoms with Gasteiger partial charge in [-0.2, -0.15) is 0 Å². The summed E-state index contributed by atoms with van der Waals surface area (Å²) in [6, 6.07) is 8.87. The first-order valence-electron chi connectivity index (χ1n) is 8.67. The van der Waals surface area contributed by atoms with Gasteiger partial charge in [-0.3, -0.25) is 9.69 Å². The Bertz CT molecular complexity index is 723. The van der Waals surface area contributed by atoms with E-state index in [1.807, 2.05) is 35.8 Å². The summed E-state index contributed by atoms with van der Waals surface area (Å²) in [7, 11) is 0. The van der Waals surface area contributed by atoms with Gasteiger partial charge in [0.25, 0.3) is 0 Å². The van der Waals surface area contributed by atoms with E-state index in [1.54, 1.807) is 0 Å². The Balaban J connectivity index is 1.46. The Hall–Kier alpha value is -1.88. The quantitative estimate of drug-likeness (QED) is 0.944. The van der Waals surface area contributed by atoms with Crippen LogP contribution in [0.25, 0.3) is 11.0 Å². The van der Waals surface area contributed by atoms with Crippen molar-refractivity contribution in [3.63, 3.8) is 0 Å². The van der Waals surface area contributed by atoms with Crippen LogP contribution in [0.1, 0.15) is 31.5 Å². The van der Waals surface area contributed by atoms with Crippen LogP contribution in [0.2, 0.25) is 0 Å². The van der Waals surface area contributed by atoms with Gasteiger partial charge in [-0.15, -0.1) is 0 Å². The first-order chi connectivity index (χ1) is 11.2. The molecule has 1 amide bonds. The second-order valence-corrected chi connectivity index (χ2v) is 6.80. The molecule has 5 nitrogen and oxygen atoms in total. The number of rotatable bonds is 3. The maximum Gasteiger partial charge on any atom is 0.240 e. The number of aryl methyl sites for hydroxylation is 1. The van der Waals surface area contributed by atoms with Crippen molar-refractivity contribution in [1.82, 2.24) is 19.8 Å². The Labute approximate surface area is 136 Å². The number of aromatic nitrogens is 2. The first kappa shape index (κ1) is 14.7. The zero-order valence-corrected chi connectivity index (χ0v) is 13.7. The number of para-hydroxylation sites is 2. The molecule has 3 heterocycles. The SMILES string of the molecule is Cc1nc2ccccc2n1CC(=O)NC1CCN2CCCCC12. The molecule has 1 N–H and O–H groups in total. The van der Waals surface area contributed by atoms with E-state index in [4.69, 9.17) is 0 Å². The standard InChI is InChI=1S/C18H24N4O/c1-13-19-14-6-2-3-8-17(14)22(13)12-18(23)20-15-9-11-21-10-5-4-7-16(15)21/h2-3,6,8,15-16H,4-5,7,9-12H2,1H3,(H,20,23). The number of carbonyl (C=O) groups excluding carboxylic acids is 1. The van der Waals surface area contributed by atoms with Gasteiger partial charge in [0.2, 0.25) is 5.91 Å². The van der Waals surface area contributed by atoms with Crippen molar-refractivity contribution in [2.75, 3.05) is 13.1 Å². The Morgan fingerprint density at radius 2 is 2.13 bits per heavy atom. The van der Waals surface area contributed by atoms with Crippen molar-refractivity contribution in [1.29, 1.82) is 0 Å². The lowest BCUT2D eigenvalue weighted by atomic mass is 9.99. The second kappa shape index (κ2) is 5.96. The van der Waals surface area contributed by atoms with Gasteiger partial charge in [0.05, 0.1) is 11.0 Å². The zero-order chi connectivity index (χ0) is 15.8. The van der Waals surface area contributed by atoms with E-state index < -0.39 is 0 Å². The number of nitrogens with one attached hydrogen (secondary N) is 1. The number of amides is 1. The molecule has 2 aliphatic rings. The molecule has 0 spiro atoms. The molecule has 2 aliphatic heterocycles. The van der Waals surface area contributed by atoms with E-state index in [9.17, 15) is 4.79 Å². The highest BCUT2D eigenvalue weighted by Crippen LogP contribution is 2.27. The Morgan fingerprint density at radius 3 is 3.04 bits per heavy atom. The van der Waals surface area contributed by atoms with Gasteiger partial charge in [0, 0.05) is 18.6 Å². The number of fused-ring (bicyclic) bond motifs is 2. The highest BCUT2D eigenvalue weighted by atomic mass is 16.2. The number of benzene rings is 1. The molecule has 0 saturated carbocycles. The van der Waals surface area contributed by atoms with Crippen LogP contribution < -0.4 is 5.32 Å². The summed E-state index contributed by atoms with van der Waals surface area (Å²) in [6.45, 7) is 4.65. The van der Waals surface area contributed by atoms with Gasteiger partial charge in [-0.1, -0.05) is 18.6 Å².